The number of carbonyl (C=O) groups excluding carboxylic acids is 2. The highest BCUT2D eigenvalue weighted by Gasteiger charge is 2.48. The molecule has 1 unspecified atom stereocenters. The third kappa shape index (κ3) is 4.42. The summed E-state index contributed by atoms with van der Waals surface area (Å²) in [5.41, 5.74) is 3.57. The predicted octanol–water partition coefficient (Wildman–Crippen LogP) is 3.42. The number of alkyl halides is 2. The molecule has 166 valence electrons. The van der Waals surface area contributed by atoms with E-state index >= 15 is 0 Å². The Morgan fingerprint density at radius 3 is 2.87 bits per heavy atom. The van der Waals surface area contributed by atoms with Gasteiger partial charge in [0.1, 0.15) is 11.8 Å². The fourth-order valence-corrected chi connectivity index (χ4v) is 4.98. The Labute approximate surface area is 183 Å². The maximum absolute atomic E-state index is 13.3. The van der Waals surface area contributed by atoms with E-state index in [4.69, 9.17) is 4.74 Å². The molecule has 0 radical (unpaired) electrons. The van der Waals surface area contributed by atoms with Gasteiger partial charge in [0.25, 0.3) is 0 Å². The highest BCUT2D eigenvalue weighted by Crippen LogP contribution is 2.42. The van der Waals surface area contributed by atoms with Crippen molar-refractivity contribution in [1.82, 2.24) is 15.2 Å². The van der Waals surface area contributed by atoms with Gasteiger partial charge in [-0.3, -0.25) is 9.59 Å². The van der Waals surface area contributed by atoms with Crippen molar-refractivity contribution in [3.05, 3.63) is 45.9 Å². The second kappa shape index (κ2) is 8.53. The fourth-order valence-electron chi connectivity index (χ4n) is 4.19. The molecule has 0 spiro atoms. The van der Waals surface area contributed by atoms with Crippen LogP contribution in [0.25, 0.3) is 0 Å². The van der Waals surface area contributed by atoms with E-state index in [0.29, 0.717) is 12.3 Å². The van der Waals surface area contributed by atoms with Crippen molar-refractivity contribution in [2.45, 2.75) is 38.2 Å². The van der Waals surface area contributed by atoms with Crippen molar-refractivity contribution in [3.63, 3.8) is 0 Å². The second-order valence-electron chi connectivity index (χ2n) is 8.23. The Bertz CT molecular complexity index is 972. The van der Waals surface area contributed by atoms with E-state index in [1.165, 1.54) is 0 Å². The summed E-state index contributed by atoms with van der Waals surface area (Å²) in [6.07, 6.45) is -0.113. The molecule has 4 rings (SSSR count). The van der Waals surface area contributed by atoms with Crippen LogP contribution in [0.15, 0.2) is 29.8 Å². The summed E-state index contributed by atoms with van der Waals surface area (Å²) in [5, 5.41) is 2.68. The highest BCUT2D eigenvalue weighted by molar-refractivity contribution is 7.09. The molecule has 2 aliphatic rings. The zero-order valence-corrected chi connectivity index (χ0v) is 18.3. The number of methoxy groups -OCH3 is 1. The van der Waals surface area contributed by atoms with Gasteiger partial charge in [0.05, 0.1) is 24.2 Å². The smallest absolute Gasteiger partial charge is 0.249 e. The Morgan fingerprint density at radius 1 is 1.39 bits per heavy atom. The van der Waals surface area contributed by atoms with Crippen LogP contribution in [0.4, 0.5) is 8.78 Å². The molecular formula is C22H25F2N3O3S. The average Bonchev–Trinajstić information content (AvgIpc) is 3.23. The van der Waals surface area contributed by atoms with Crippen LogP contribution < -0.4 is 10.1 Å². The molecule has 9 heteroatoms. The molecular weight excluding hydrogens is 424 g/mol. The minimum absolute atomic E-state index is 0.106. The van der Waals surface area contributed by atoms with E-state index in [-0.39, 0.29) is 18.5 Å². The van der Waals surface area contributed by atoms with Gasteiger partial charge in [0.2, 0.25) is 17.7 Å². The van der Waals surface area contributed by atoms with Gasteiger partial charge in [0, 0.05) is 43.1 Å². The third-order valence-corrected chi connectivity index (χ3v) is 6.89. The Morgan fingerprint density at radius 2 is 2.16 bits per heavy atom. The summed E-state index contributed by atoms with van der Waals surface area (Å²) in [6.45, 7) is 2.41. The van der Waals surface area contributed by atoms with Crippen LogP contribution in [0, 0.1) is 11.8 Å². The molecule has 1 aliphatic heterocycles. The van der Waals surface area contributed by atoms with E-state index in [0.717, 1.165) is 22.6 Å². The molecule has 2 atom stereocenters. The van der Waals surface area contributed by atoms with Crippen molar-refractivity contribution in [2.24, 2.45) is 11.8 Å². The molecule has 2 amide bonds. The van der Waals surface area contributed by atoms with Crippen LogP contribution in [-0.4, -0.2) is 47.8 Å². The van der Waals surface area contributed by atoms with Gasteiger partial charge in [-0.15, -0.1) is 11.3 Å². The Balaban J connectivity index is 1.48. The number of nitrogens with one attached hydrogen (secondary N) is 1. The van der Waals surface area contributed by atoms with E-state index in [1.54, 1.807) is 35.8 Å². The molecule has 1 fully saturated rings. The first-order chi connectivity index (χ1) is 14.8. The summed E-state index contributed by atoms with van der Waals surface area (Å²) in [7, 11) is 1.60. The Kier molecular flexibility index (Phi) is 5.96. The molecule has 2 aromatic rings. The van der Waals surface area contributed by atoms with Gasteiger partial charge in [-0.25, -0.2) is 13.8 Å². The molecule has 1 N–H and O–H groups in total. The summed E-state index contributed by atoms with van der Waals surface area (Å²) >= 11 is 1.58. The van der Waals surface area contributed by atoms with E-state index < -0.39 is 36.5 Å². The quantitative estimate of drug-likeness (QED) is 0.734. The van der Waals surface area contributed by atoms with Crippen molar-refractivity contribution in [3.8, 4) is 5.75 Å². The molecule has 1 aromatic carbocycles. The highest BCUT2D eigenvalue weighted by atomic mass is 32.1. The van der Waals surface area contributed by atoms with E-state index in [1.807, 2.05) is 24.3 Å². The number of benzene rings is 1. The number of thiazole rings is 1. The zero-order valence-electron chi connectivity index (χ0n) is 17.4. The minimum atomic E-state index is -2.74. The number of nitrogens with zero attached hydrogens (tertiary/aromatic N) is 2. The molecule has 1 aromatic heterocycles. The lowest BCUT2D eigenvalue weighted by atomic mass is 9.80. The second-order valence-corrected chi connectivity index (χ2v) is 9.17. The molecule has 2 heterocycles. The summed E-state index contributed by atoms with van der Waals surface area (Å²) < 4.78 is 31.4. The number of hydrogen-bond acceptors (Lipinski definition) is 5. The first kappa shape index (κ1) is 21.7. The van der Waals surface area contributed by atoms with Crippen LogP contribution in [0.5, 0.6) is 5.75 Å². The fraction of sp³-hybridized carbons (Fsp3) is 0.500. The average molecular weight is 450 g/mol. The molecule has 1 saturated carbocycles. The maximum atomic E-state index is 13.3. The van der Waals surface area contributed by atoms with E-state index in [9.17, 15) is 18.4 Å². The number of aromatic nitrogens is 1. The normalized spacial score (nSPS) is 21.0. The summed E-state index contributed by atoms with van der Waals surface area (Å²) in [6, 6.07) is 7.26. The van der Waals surface area contributed by atoms with E-state index in [2.05, 4.69) is 10.3 Å². The molecule has 6 nitrogen and oxygen atoms in total. The Hall–Kier alpha value is -2.55. The van der Waals surface area contributed by atoms with Crippen molar-refractivity contribution in [2.75, 3.05) is 20.2 Å². The van der Waals surface area contributed by atoms with Gasteiger partial charge in [-0.05, 0) is 17.7 Å². The number of ether oxygens (including phenoxy) is 1. The number of hydrogen-bond donors (Lipinski definition) is 1. The van der Waals surface area contributed by atoms with Crippen LogP contribution >= 0.6 is 11.3 Å². The standard InChI is InChI=1S/C22H25F2N3O3S/c1-13(11-25-20(28)15-9-22(23,24)10-15)21(29)27-7-6-17-18(26-12-31-17)19(27)14-4-3-5-16(8-14)30-2/h3-5,8,12-13,15,19H,6-7,9-11H2,1-2H3,(H,25,28)/t13-,19?/m0/s1. The lowest BCUT2D eigenvalue weighted by molar-refractivity contribution is -0.150. The first-order valence-electron chi connectivity index (χ1n) is 10.3. The molecule has 0 bridgehead atoms. The van der Waals surface area contributed by atoms with Crippen LogP contribution in [-0.2, 0) is 16.0 Å². The number of carbonyl (C=O) groups is 2. The van der Waals surface area contributed by atoms with Crippen LogP contribution in [0.1, 0.15) is 41.9 Å². The SMILES string of the molecule is COc1cccc(C2c3ncsc3CCN2C(=O)[C@@H](C)CNC(=O)C2CC(F)(F)C2)c1. The lowest BCUT2D eigenvalue weighted by Crippen LogP contribution is -2.48. The third-order valence-electron chi connectivity index (χ3n) is 5.98. The van der Waals surface area contributed by atoms with Crippen molar-refractivity contribution < 1.29 is 23.1 Å². The van der Waals surface area contributed by atoms with Crippen molar-refractivity contribution in [1.29, 1.82) is 0 Å². The molecule has 31 heavy (non-hydrogen) atoms. The van der Waals surface area contributed by atoms with Gasteiger partial charge in [0.15, 0.2) is 0 Å². The van der Waals surface area contributed by atoms with Gasteiger partial charge in [-0.2, -0.15) is 0 Å². The topological polar surface area (TPSA) is 71.5 Å². The maximum Gasteiger partial charge on any atom is 0.249 e. The first-order valence-corrected chi connectivity index (χ1v) is 11.2. The molecule has 0 saturated heterocycles. The van der Waals surface area contributed by atoms with Crippen molar-refractivity contribution >= 4 is 23.2 Å². The van der Waals surface area contributed by atoms with Gasteiger partial charge in [-0.1, -0.05) is 19.1 Å². The number of amides is 2. The number of halogens is 2. The van der Waals surface area contributed by atoms with Gasteiger partial charge >= 0.3 is 0 Å². The number of rotatable bonds is 6. The largest absolute Gasteiger partial charge is 0.497 e. The lowest BCUT2D eigenvalue weighted by Gasteiger charge is -2.37. The predicted molar refractivity (Wildman–Crippen MR) is 112 cm³/mol. The summed E-state index contributed by atoms with van der Waals surface area (Å²) in [5.74, 6) is -3.72. The van der Waals surface area contributed by atoms with Crippen LogP contribution in [0.2, 0.25) is 0 Å². The molecule has 1 aliphatic carbocycles. The van der Waals surface area contributed by atoms with Gasteiger partial charge < -0.3 is 15.0 Å². The zero-order chi connectivity index (χ0) is 22.2. The number of fused-ring (bicyclic) bond motifs is 1. The minimum Gasteiger partial charge on any atom is -0.497 e. The monoisotopic (exact) mass is 449 g/mol. The summed E-state index contributed by atoms with van der Waals surface area (Å²) in [4.78, 5) is 32.9. The van der Waals surface area contributed by atoms with Crippen LogP contribution in [0.3, 0.4) is 0 Å².